The molecule has 7 heteroatoms. The number of hydrogen-bond acceptors (Lipinski definition) is 3. The fourth-order valence-electron chi connectivity index (χ4n) is 4.38. The molecule has 0 bridgehead atoms. The van der Waals surface area contributed by atoms with Gasteiger partial charge in [0.2, 0.25) is 5.91 Å². The summed E-state index contributed by atoms with van der Waals surface area (Å²) < 4.78 is 30.0. The van der Waals surface area contributed by atoms with Crippen molar-refractivity contribution < 1.29 is 13.6 Å². The summed E-state index contributed by atoms with van der Waals surface area (Å²) >= 11 is 0. The summed E-state index contributed by atoms with van der Waals surface area (Å²) in [5.74, 6) is -0.562. The number of hydrogen-bond donors (Lipinski definition) is 0. The van der Waals surface area contributed by atoms with Gasteiger partial charge >= 0.3 is 0 Å². The fourth-order valence-corrected chi connectivity index (χ4v) is 4.38. The Labute approximate surface area is 193 Å². The Hall–Kier alpha value is -3.06. The quantitative estimate of drug-likeness (QED) is 0.521. The summed E-state index contributed by atoms with van der Waals surface area (Å²) in [5, 5.41) is 4.85. The lowest BCUT2D eigenvalue weighted by Gasteiger charge is -2.29. The first-order valence-corrected chi connectivity index (χ1v) is 11.5. The lowest BCUT2D eigenvalue weighted by Crippen LogP contribution is -2.35. The molecule has 1 amide bonds. The minimum Gasteiger partial charge on any atom is -0.337 e. The molecule has 0 N–H and O–H groups in total. The van der Waals surface area contributed by atoms with E-state index in [0.717, 1.165) is 23.5 Å². The van der Waals surface area contributed by atoms with Crippen LogP contribution in [0.5, 0.6) is 0 Å². The first-order chi connectivity index (χ1) is 15.9. The number of carbonyl (C=O) groups excluding carboxylic acids is 1. The highest BCUT2D eigenvalue weighted by atomic mass is 19.1. The topological polar surface area (TPSA) is 41.4 Å². The van der Waals surface area contributed by atoms with Crippen LogP contribution in [0.1, 0.15) is 43.3 Å². The highest BCUT2D eigenvalue weighted by molar-refractivity contribution is 5.78. The van der Waals surface area contributed by atoms with Gasteiger partial charge in [-0.2, -0.15) is 5.10 Å². The SMILES string of the molecule is CCN(Cc1nn(-c2cccc(F)c2)c2c1CN(Cc1ccccc1F)CC2)C(=O)C(C)C. The van der Waals surface area contributed by atoms with Gasteiger partial charge in [-0.1, -0.05) is 38.1 Å². The van der Waals surface area contributed by atoms with Gasteiger partial charge in [-0.15, -0.1) is 0 Å². The second kappa shape index (κ2) is 9.83. The number of benzene rings is 2. The molecule has 0 spiro atoms. The molecule has 0 saturated heterocycles. The van der Waals surface area contributed by atoms with Crippen molar-refractivity contribution in [2.75, 3.05) is 13.1 Å². The Morgan fingerprint density at radius 3 is 2.64 bits per heavy atom. The maximum Gasteiger partial charge on any atom is 0.225 e. The lowest BCUT2D eigenvalue weighted by molar-refractivity contribution is -0.134. The minimum atomic E-state index is -0.319. The molecule has 3 aromatic rings. The van der Waals surface area contributed by atoms with Crippen LogP contribution in [-0.2, 0) is 30.8 Å². The number of fused-ring (bicyclic) bond motifs is 1. The molecule has 0 atom stereocenters. The standard InChI is InChI=1S/C26H30F2N4O/c1-4-31(26(33)18(2)3)17-24-22-16-30(15-19-8-5-6-11-23(19)28)13-12-25(22)32(29-24)21-10-7-9-20(27)14-21/h5-11,14,18H,4,12-13,15-17H2,1-3H3. The molecule has 0 unspecified atom stereocenters. The van der Waals surface area contributed by atoms with Crippen LogP contribution in [0, 0.1) is 17.6 Å². The zero-order chi connectivity index (χ0) is 23.5. The van der Waals surface area contributed by atoms with Gasteiger partial charge in [-0.3, -0.25) is 9.69 Å². The molecule has 2 aromatic carbocycles. The lowest BCUT2D eigenvalue weighted by atomic mass is 10.0. The largest absolute Gasteiger partial charge is 0.337 e. The van der Waals surface area contributed by atoms with Crippen molar-refractivity contribution in [3.63, 3.8) is 0 Å². The molecule has 33 heavy (non-hydrogen) atoms. The van der Waals surface area contributed by atoms with Crippen LogP contribution in [0.3, 0.4) is 0 Å². The van der Waals surface area contributed by atoms with Gasteiger partial charge in [0, 0.05) is 49.6 Å². The Morgan fingerprint density at radius 2 is 1.94 bits per heavy atom. The molecule has 174 valence electrons. The Kier molecular flexibility index (Phi) is 6.88. The molecular formula is C26H30F2N4O. The maximum atomic E-state index is 14.2. The molecule has 0 aliphatic carbocycles. The molecule has 0 fully saturated rings. The molecule has 0 saturated carbocycles. The zero-order valence-corrected chi connectivity index (χ0v) is 19.4. The molecule has 5 nitrogen and oxygen atoms in total. The van der Waals surface area contributed by atoms with Crippen LogP contribution in [0.4, 0.5) is 8.78 Å². The van der Waals surface area contributed by atoms with Crippen LogP contribution in [0.15, 0.2) is 48.5 Å². The van der Waals surface area contributed by atoms with Crippen LogP contribution >= 0.6 is 0 Å². The van der Waals surface area contributed by atoms with E-state index in [-0.39, 0.29) is 23.5 Å². The van der Waals surface area contributed by atoms with Crippen molar-refractivity contribution in [3.8, 4) is 5.69 Å². The van der Waals surface area contributed by atoms with Gasteiger partial charge in [0.15, 0.2) is 0 Å². The molecule has 0 radical (unpaired) electrons. The third-order valence-electron chi connectivity index (χ3n) is 6.15. The van der Waals surface area contributed by atoms with E-state index in [2.05, 4.69) is 4.90 Å². The Morgan fingerprint density at radius 1 is 1.15 bits per heavy atom. The first-order valence-electron chi connectivity index (χ1n) is 11.5. The van der Waals surface area contributed by atoms with E-state index in [1.165, 1.54) is 18.2 Å². The van der Waals surface area contributed by atoms with Crippen molar-refractivity contribution >= 4 is 5.91 Å². The van der Waals surface area contributed by atoms with E-state index in [1.54, 1.807) is 17.0 Å². The van der Waals surface area contributed by atoms with Crippen molar-refractivity contribution in [1.82, 2.24) is 19.6 Å². The average molecular weight is 453 g/mol. The summed E-state index contributed by atoms with van der Waals surface area (Å²) in [6, 6.07) is 13.2. The fraction of sp³-hybridized carbons (Fsp3) is 0.385. The number of carbonyl (C=O) groups is 1. The predicted molar refractivity (Wildman–Crippen MR) is 124 cm³/mol. The van der Waals surface area contributed by atoms with Crippen molar-refractivity contribution in [2.45, 2.75) is 46.8 Å². The molecule has 1 aliphatic rings. The highest BCUT2D eigenvalue weighted by Gasteiger charge is 2.28. The normalized spacial score (nSPS) is 13.9. The average Bonchev–Trinajstić information content (AvgIpc) is 3.16. The van der Waals surface area contributed by atoms with Crippen LogP contribution in [0.2, 0.25) is 0 Å². The minimum absolute atomic E-state index is 0.0746. The molecule has 4 rings (SSSR count). The Bertz CT molecular complexity index is 1140. The molecule has 2 heterocycles. The number of aromatic nitrogens is 2. The Balaban J connectivity index is 1.69. The van der Waals surface area contributed by atoms with Gasteiger partial charge in [-0.25, -0.2) is 13.5 Å². The van der Waals surface area contributed by atoms with Crippen LogP contribution < -0.4 is 0 Å². The smallest absolute Gasteiger partial charge is 0.225 e. The molecular weight excluding hydrogens is 422 g/mol. The predicted octanol–water partition coefficient (Wildman–Crippen LogP) is 4.71. The van der Waals surface area contributed by atoms with Gasteiger partial charge < -0.3 is 4.90 Å². The van der Waals surface area contributed by atoms with E-state index in [1.807, 2.05) is 43.7 Å². The number of rotatable bonds is 7. The summed E-state index contributed by atoms with van der Waals surface area (Å²) in [5.41, 5.74) is 4.19. The third kappa shape index (κ3) is 4.98. The van der Waals surface area contributed by atoms with Crippen molar-refractivity contribution in [1.29, 1.82) is 0 Å². The van der Waals surface area contributed by atoms with Gasteiger partial charge in [-0.05, 0) is 31.2 Å². The van der Waals surface area contributed by atoms with Crippen molar-refractivity contribution in [2.24, 2.45) is 5.92 Å². The summed E-state index contributed by atoms with van der Waals surface area (Å²) in [6.07, 6.45) is 0.706. The van der Waals surface area contributed by atoms with E-state index in [9.17, 15) is 13.6 Å². The second-order valence-electron chi connectivity index (χ2n) is 8.82. The van der Waals surface area contributed by atoms with Gasteiger partial charge in [0.25, 0.3) is 0 Å². The van der Waals surface area contributed by atoms with E-state index in [0.29, 0.717) is 43.9 Å². The van der Waals surface area contributed by atoms with E-state index < -0.39 is 0 Å². The zero-order valence-electron chi connectivity index (χ0n) is 19.4. The second-order valence-corrected chi connectivity index (χ2v) is 8.82. The van der Waals surface area contributed by atoms with Crippen LogP contribution in [-0.4, -0.2) is 38.6 Å². The summed E-state index contributed by atoms with van der Waals surface area (Å²) in [6.45, 7) is 8.55. The summed E-state index contributed by atoms with van der Waals surface area (Å²) in [7, 11) is 0. The summed E-state index contributed by atoms with van der Waals surface area (Å²) in [4.78, 5) is 16.7. The van der Waals surface area contributed by atoms with Crippen molar-refractivity contribution in [3.05, 3.63) is 82.7 Å². The number of halogens is 2. The highest BCUT2D eigenvalue weighted by Crippen LogP contribution is 2.28. The first kappa shape index (κ1) is 23.1. The third-order valence-corrected chi connectivity index (χ3v) is 6.15. The number of nitrogens with zero attached hydrogens (tertiary/aromatic N) is 4. The van der Waals surface area contributed by atoms with Gasteiger partial charge in [0.1, 0.15) is 11.6 Å². The van der Waals surface area contributed by atoms with E-state index >= 15 is 0 Å². The van der Waals surface area contributed by atoms with E-state index in [4.69, 9.17) is 5.10 Å². The molecule has 1 aliphatic heterocycles. The maximum absolute atomic E-state index is 14.2. The monoisotopic (exact) mass is 452 g/mol. The number of amides is 1. The van der Waals surface area contributed by atoms with Crippen LogP contribution in [0.25, 0.3) is 5.69 Å². The van der Waals surface area contributed by atoms with Gasteiger partial charge in [0.05, 0.1) is 23.6 Å². The molecule has 1 aromatic heterocycles.